The zero-order valence-electron chi connectivity index (χ0n) is 16.4. The van der Waals surface area contributed by atoms with E-state index in [0.29, 0.717) is 43.2 Å². The van der Waals surface area contributed by atoms with Crippen molar-refractivity contribution in [3.8, 4) is 0 Å². The Morgan fingerprint density at radius 2 is 1.76 bits per heavy atom. The Balaban J connectivity index is 1.26. The molecular formula is C19H25F3N6O. The van der Waals surface area contributed by atoms with Gasteiger partial charge in [0.05, 0.1) is 6.54 Å². The third kappa shape index (κ3) is 4.87. The second-order valence-electron chi connectivity index (χ2n) is 7.64. The number of nitrogens with zero attached hydrogens (tertiary/aromatic N) is 6. The minimum Gasteiger partial charge on any atom is -0.354 e. The van der Waals surface area contributed by atoms with E-state index in [9.17, 15) is 13.2 Å². The topological polar surface area (TPSA) is 61.5 Å². The fourth-order valence-corrected chi connectivity index (χ4v) is 4.11. The van der Waals surface area contributed by atoms with E-state index in [1.165, 1.54) is 6.07 Å². The first-order valence-corrected chi connectivity index (χ1v) is 9.93. The van der Waals surface area contributed by atoms with Crippen LogP contribution in [0.2, 0.25) is 0 Å². The largest absolute Gasteiger partial charge is 0.433 e. The Morgan fingerprint density at radius 3 is 2.38 bits per heavy atom. The molecule has 2 aromatic rings. The highest BCUT2D eigenvalue weighted by Crippen LogP contribution is 2.29. The second-order valence-corrected chi connectivity index (χ2v) is 7.64. The van der Waals surface area contributed by atoms with Crippen LogP contribution in [0.25, 0.3) is 0 Å². The molecule has 158 valence electrons. The van der Waals surface area contributed by atoms with Crippen LogP contribution in [0, 0.1) is 6.92 Å². The zero-order chi connectivity index (χ0) is 20.4. The minimum absolute atomic E-state index is 0.407. The van der Waals surface area contributed by atoms with Crippen LogP contribution < -0.4 is 4.90 Å². The average Bonchev–Trinajstić information content (AvgIpc) is 3.13. The molecule has 7 nitrogen and oxygen atoms in total. The molecule has 0 unspecified atom stereocenters. The monoisotopic (exact) mass is 410 g/mol. The number of alkyl halides is 3. The van der Waals surface area contributed by atoms with Crippen molar-refractivity contribution >= 4 is 5.82 Å². The van der Waals surface area contributed by atoms with E-state index in [-0.39, 0.29) is 0 Å². The molecule has 4 rings (SSSR count). The lowest BCUT2D eigenvalue weighted by molar-refractivity contribution is -0.141. The summed E-state index contributed by atoms with van der Waals surface area (Å²) >= 11 is 0. The number of hydrogen-bond acceptors (Lipinski definition) is 7. The van der Waals surface area contributed by atoms with Gasteiger partial charge in [-0.3, -0.25) is 9.80 Å². The molecule has 0 aromatic carbocycles. The molecule has 2 saturated heterocycles. The van der Waals surface area contributed by atoms with Gasteiger partial charge in [-0.1, -0.05) is 11.2 Å². The van der Waals surface area contributed by atoms with Crippen molar-refractivity contribution in [1.29, 1.82) is 0 Å². The summed E-state index contributed by atoms with van der Waals surface area (Å²) in [4.78, 5) is 14.8. The van der Waals surface area contributed by atoms with Crippen molar-refractivity contribution in [3.05, 3.63) is 35.6 Å². The number of aryl methyl sites for hydroxylation is 1. The molecular weight excluding hydrogens is 385 g/mol. The van der Waals surface area contributed by atoms with Crippen molar-refractivity contribution < 1.29 is 17.7 Å². The Hall–Kier alpha value is -2.20. The summed E-state index contributed by atoms with van der Waals surface area (Å²) in [5.41, 5.74) is -0.832. The molecule has 2 fully saturated rings. The number of piperazine rings is 1. The number of aromatic nitrogens is 3. The van der Waals surface area contributed by atoms with Crippen LogP contribution in [0.15, 0.2) is 22.7 Å². The van der Waals surface area contributed by atoms with E-state index in [2.05, 4.69) is 24.9 Å². The number of hydrogen-bond donors (Lipinski definition) is 0. The van der Waals surface area contributed by atoms with Crippen molar-refractivity contribution in [2.45, 2.75) is 38.5 Å². The van der Waals surface area contributed by atoms with Gasteiger partial charge in [-0.25, -0.2) is 4.98 Å². The predicted octanol–water partition coefficient (Wildman–Crippen LogP) is 2.58. The Labute approximate surface area is 167 Å². The first kappa shape index (κ1) is 20.1. The van der Waals surface area contributed by atoms with Crippen LogP contribution in [0.3, 0.4) is 0 Å². The summed E-state index contributed by atoms with van der Waals surface area (Å²) in [6.07, 6.45) is -2.28. The summed E-state index contributed by atoms with van der Waals surface area (Å²) in [5.74, 6) is 1.72. The van der Waals surface area contributed by atoms with E-state index < -0.39 is 11.9 Å². The fraction of sp³-hybridized carbons (Fsp3) is 0.632. The number of halogens is 3. The highest BCUT2D eigenvalue weighted by molar-refractivity contribution is 5.40. The summed E-state index contributed by atoms with van der Waals surface area (Å²) < 4.78 is 43.9. The molecule has 0 amide bonds. The van der Waals surface area contributed by atoms with E-state index in [4.69, 9.17) is 4.52 Å². The maximum absolute atomic E-state index is 12.9. The molecule has 0 N–H and O–H groups in total. The molecule has 2 aromatic heterocycles. The predicted molar refractivity (Wildman–Crippen MR) is 100 cm³/mol. The molecule has 10 heteroatoms. The molecule has 0 atom stereocenters. The van der Waals surface area contributed by atoms with Gasteiger partial charge in [0.15, 0.2) is 5.82 Å². The molecule has 4 heterocycles. The van der Waals surface area contributed by atoms with E-state index >= 15 is 0 Å². The van der Waals surface area contributed by atoms with Gasteiger partial charge >= 0.3 is 6.18 Å². The van der Waals surface area contributed by atoms with Crippen molar-refractivity contribution in [1.82, 2.24) is 24.9 Å². The van der Waals surface area contributed by atoms with Gasteiger partial charge in [0.2, 0.25) is 5.89 Å². The van der Waals surface area contributed by atoms with E-state index in [1.54, 1.807) is 6.07 Å². The first-order valence-electron chi connectivity index (χ1n) is 9.93. The van der Waals surface area contributed by atoms with Crippen molar-refractivity contribution in [2.75, 3.05) is 44.2 Å². The number of likely N-dealkylation sites (tertiary alicyclic amines) is 1. The SMILES string of the molecule is Cc1noc(CN2CCC(N3CCN(c4cccc(C(F)(F)F)n4)CC3)CC2)n1. The zero-order valence-corrected chi connectivity index (χ0v) is 16.4. The minimum atomic E-state index is -4.41. The van der Waals surface area contributed by atoms with Gasteiger partial charge in [-0.15, -0.1) is 0 Å². The Kier molecular flexibility index (Phi) is 5.73. The van der Waals surface area contributed by atoms with Gasteiger partial charge in [0.1, 0.15) is 11.5 Å². The van der Waals surface area contributed by atoms with Crippen LogP contribution >= 0.6 is 0 Å². The fourth-order valence-electron chi connectivity index (χ4n) is 4.11. The second kappa shape index (κ2) is 8.27. The number of pyridine rings is 1. The lowest BCUT2D eigenvalue weighted by Gasteiger charge is -2.43. The lowest BCUT2D eigenvalue weighted by Crippen LogP contribution is -2.53. The third-order valence-electron chi connectivity index (χ3n) is 5.67. The molecule has 0 spiro atoms. The maximum atomic E-state index is 12.9. The summed E-state index contributed by atoms with van der Waals surface area (Å²) in [6, 6.07) is 4.61. The third-order valence-corrected chi connectivity index (χ3v) is 5.67. The van der Waals surface area contributed by atoms with Gasteiger partial charge in [-0.2, -0.15) is 18.2 Å². The summed E-state index contributed by atoms with van der Waals surface area (Å²) in [6.45, 7) is 7.50. The standard InChI is InChI=1S/C19H25F3N6O/c1-14-23-18(29-25-14)13-26-7-5-15(6-8-26)27-9-11-28(12-10-27)17-4-2-3-16(24-17)19(20,21)22/h2-4,15H,5-13H2,1H3. The quantitative estimate of drug-likeness (QED) is 0.768. The van der Waals surface area contributed by atoms with Gasteiger partial charge in [0.25, 0.3) is 0 Å². The number of rotatable bonds is 4. The van der Waals surface area contributed by atoms with Crippen molar-refractivity contribution in [3.63, 3.8) is 0 Å². The molecule has 2 aliphatic rings. The molecule has 0 saturated carbocycles. The molecule has 0 bridgehead atoms. The Morgan fingerprint density at radius 1 is 1.03 bits per heavy atom. The molecule has 2 aliphatic heterocycles. The lowest BCUT2D eigenvalue weighted by atomic mass is 10.0. The highest BCUT2D eigenvalue weighted by Gasteiger charge is 2.33. The van der Waals surface area contributed by atoms with Crippen LogP contribution in [-0.4, -0.2) is 70.2 Å². The number of piperidine rings is 1. The van der Waals surface area contributed by atoms with Gasteiger partial charge in [0, 0.05) is 45.3 Å². The molecule has 0 radical (unpaired) electrons. The van der Waals surface area contributed by atoms with Crippen LogP contribution in [0.1, 0.15) is 30.3 Å². The highest BCUT2D eigenvalue weighted by atomic mass is 19.4. The van der Waals surface area contributed by atoms with Crippen LogP contribution in [-0.2, 0) is 12.7 Å². The van der Waals surface area contributed by atoms with Crippen molar-refractivity contribution in [2.24, 2.45) is 0 Å². The normalized spacial score (nSPS) is 20.3. The van der Waals surface area contributed by atoms with Crippen LogP contribution in [0.5, 0.6) is 0 Å². The molecule has 0 aliphatic carbocycles. The van der Waals surface area contributed by atoms with Gasteiger partial charge < -0.3 is 9.42 Å². The smallest absolute Gasteiger partial charge is 0.354 e. The Bertz CT molecular complexity index is 810. The average molecular weight is 410 g/mol. The van der Waals surface area contributed by atoms with Crippen LogP contribution in [0.4, 0.5) is 19.0 Å². The van der Waals surface area contributed by atoms with E-state index in [0.717, 1.165) is 45.1 Å². The first-order chi connectivity index (χ1) is 13.9. The maximum Gasteiger partial charge on any atom is 0.433 e. The van der Waals surface area contributed by atoms with Gasteiger partial charge in [-0.05, 0) is 31.9 Å². The summed E-state index contributed by atoms with van der Waals surface area (Å²) in [7, 11) is 0. The molecule has 29 heavy (non-hydrogen) atoms. The number of anilines is 1. The summed E-state index contributed by atoms with van der Waals surface area (Å²) in [5, 5.41) is 3.83. The van der Waals surface area contributed by atoms with E-state index in [1.807, 2.05) is 11.8 Å².